The maximum atomic E-state index is 13.4. The highest BCUT2D eigenvalue weighted by Crippen LogP contribution is 2.26. The van der Waals surface area contributed by atoms with Crippen LogP contribution in [0.5, 0.6) is 0 Å². The molecule has 1 aromatic rings. The fraction of sp³-hybridized carbons (Fsp3) is 0.538. The third kappa shape index (κ3) is 3.44. The molecule has 3 nitrogen and oxygen atoms in total. The highest BCUT2D eigenvalue weighted by Gasteiger charge is 2.25. The van der Waals surface area contributed by atoms with Gasteiger partial charge in [0.05, 0.1) is 0 Å². The molecule has 1 aliphatic rings. The molecule has 0 bridgehead atoms. The van der Waals surface area contributed by atoms with E-state index in [0.29, 0.717) is 6.54 Å². The van der Waals surface area contributed by atoms with Crippen LogP contribution in [0.3, 0.4) is 0 Å². The Hall–Kier alpha value is -1.41. The molecule has 0 aromatic heterocycles. The first-order valence-electron chi connectivity index (χ1n) is 6.58. The van der Waals surface area contributed by atoms with Crippen LogP contribution in [0.1, 0.15) is 0 Å². The van der Waals surface area contributed by atoms with Gasteiger partial charge in [0.25, 0.3) is 0 Å². The van der Waals surface area contributed by atoms with Crippen LogP contribution in [0.15, 0.2) is 0 Å². The maximum absolute atomic E-state index is 13.4. The van der Waals surface area contributed by atoms with Gasteiger partial charge in [-0.25, -0.2) is 22.0 Å². The number of rotatable bonds is 4. The van der Waals surface area contributed by atoms with Crippen molar-refractivity contribution in [2.75, 3.05) is 51.6 Å². The lowest BCUT2D eigenvalue weighted by Gasteiger charge is -2.32. The zero-order valence-electron chi connectivity index (χ0n) is 11.5. The zero-order valence-corrected chi connectivity index (χ0v) is 11.5. The fourth-order valence-corrected chi connectivity index (χ4v) is 2.17. The number of likely N-dealkylation sites (N-methyl/N-ethyl adjacent to an activating group) is 1. The normalized spacial score (nSPS) is 17.2. The first-order chi connectivity index (χ1) is 9.91. The van der Waals surface area contributed by atoms with Gasteiger partial charge in [-0.3, -0.25) is 4.90 Å². The van der Waals surface area contributed by atoms with Crippen molar-refractivity contribution in [2.45, 2.75) is 0 Å². The van der Waals surface area contributed by atoms with Crippen LogP contribution in [0.2, 0.25) is 0 Å². The second kappa shape index (κ2) is 6.57. The number of anilines is 1. The summed E-state index contributed by atoms with van der Waals surface area (Å²) in [4.78, 5) is 4.20. The van der Waals surface area contributed by atoms with Crippen LogP contribution in [0, 0.1) is 29.1 Å². The van der Waals surface area contributed by atoms with Crippen molar-refractivity contribution in [3.63, 3.8) is 0 Å². The predicted molar refractivity (Wildman–Crippen MR) is 68.7 cm³/mol. The molecule has 1 aromatic carbocycles. The molecular weight excluding hydrogens is 293 g/mol. The third-order valence-corrected chi connectivity index (χ3v) is 3.54. The highest BCUT2D eigenvalue weighted by atomic mass is 19.2. The summed E-state index contributed by atoms with van der Waals surface area (Å²) in [6, 6.07) is 0. The van der Waals surface area contributed by atoms with E-state index in [1.807, 2.05) is 7.05 Å². The Labute approximate surface area is 119 Å². The summed E-state index contributed by atoms with van der Waals surface area (Å²) in [5, 5.41) is 2.30. The van der Waals surface area contributed by atoms with Gasteiger partial charge in [0.15, 0.2) is 23.3 Å². The summed E-state index contributed by atoms with van der Waals surface area (Å²) >= 11 is 0. The topological polar surface area (TPSA) is 18.5 Å². The lowest BCUT2D eigenvalue weighted by Crippen LogP contribution is -2.45. The average molecular weight is 309 g/mol. The van der Waals surface area contributed by atoms with Crippen LogP contribution in [0.25, 0.3) is 0 Å². The van der Waals surface area contributed by atoms with Crippen molar-refractivity contribution in [1.29, 1.82) is 0 Å². The van der Waals surface area contributed by atoms with Crippen molar-refractivity contribution in [1.82, 2.24) is 9.80 Å². The van der Waals surface area contributed by atoms with Crippen LogP contribution >= 0.6 is 0 Å². The molecule has 0 unspecified atom stereocenters. The Morgan fingerprint density at radius 2 is 1.29 bits per heavy atom. The summed E-state index contributed by atoms with van der Waals surface area (Å²) < 4.78 is 65.7. The molecule has 1 aliphatic heterocycles. The van der Waals surface area contributed by atoms with Gasteiger partial charge in [0.2, 0.25) is 5.82 Å². The molecule has 1 heterocycles. The Morgan fingerprint density at radius 1 is 0.810 bits per heavy atom. The average Bonchev–Trinajstić information content (AvgIpc) is 2.48. The molecule has 21 heavy (non-hydrogen) atoms. The van der Waals surface area contributed by atoms with Gasteiger partial charge in [-0.2, -0.15) is 0 Å². The molecule has 1 saturated heterocycles. The number of benzene rings is 1. The molecule has 0 radical (unpaired) electrons. The van der Waals surface area contributed by atoms with Crippen LogP contribution in [-0.4, -0.2) is 56.1 Å². The molecule has 1 fully saturated rings. The minimum atomic E-state index is -2.14. The maximum Gasteiger partial charge on any atom is 0.200 e. The minimum absolute atomic E-state index is 0.0993. The second-order valence-corrected chi connectivity index (χ2v) is 5.02. The van der Waals surface area contributed by atoms with Gasteiger partial charge >= 0.3 is 0 Å². The Kier molecular flexibility index (Phi) is 5.00. The zero-order chi connectivity index (χ0) is 15.6. The number of nitrogens with zero attached hydrogens (tertiary/aromatic N) is 2. The predicted octanol–water partition coefficient (Wildman–Crippen LogP) is 2.04. The first kappa shape index (κ1) is 16.0. The molecule has 0 atom stereocenters. The summed E-state index contributed by atoms with van der Waals surface area (Å²) in [6.07, 6.45) is 0. The molecule has 0 saturated carbocycles. The van der Waals surface area contributed by atoms with E-state index >= 15 is 0 Å². The van der Waals surface area contributed by atoms with Gasteiger partial charge in [0, 0.05) is 39.3 Å². The molecule has 0 spiro atoms. The monoisotopic (exact) mass is 309 g/mol. The minimum Gasteiger partial charge on any atom is -0.379 e. The van der Waals surface area contributed by atoms with Crippen molar-refractivity contribution in [3.8, 4) is 0 Å². The van der Waals surface area contributed by atoms with E-state index in [4.69, 9.17) is 0 Å². The van der Waals surface area contributed by atoms with E-state index in [-0.39, 0.29) is 6.54 Å². The Morgan fingerprint density at radius 3 is 1.81 bits per heavy atom. The number of piperazine rings is 1. The van der Waals surface area contributed by atoms with Crippen molar-refractivity contribution in [2.24, 2.45) is 0 Å². The molecule has 118 valence electrons. The van der Waals surface area contributed by atoms with Crippen LogP contribution < -0.4 is 5.32 Å². The molecule has 0 amide bonds. The Balaban J connectivity index is 1.97. The highest BCUT2D eigenvalue weighted by molar-refractivity contribution is 5.47. The van der Waals surface area contributed by atoms with Gasteiger partial charge in [-0.1, -0.05) is 0 Å². The van der Waals surface area contributed by atoms with Crippen molar-refractivity contribution in [3.05, 3.63) is 29.1 Å². The van der Waals surface area contributed by atoms with Crippen LogP contribution in [0.4, 0.5) is 27.6 Å². The molecule has 8 heteroatoms. The van der Waals surface area contributed by atoms with Gasteiger partial charge < -0.3 is 10.2 Å². The summed E-state index contributed by atoms with van der Waals surface area (Å²) in [6.45, 7) is 3.92. The van der Waals surface area contributed by atoms with E-state index in [9.17, 15) is 22.0 Å². The largest absolute Gasteiger partial charge is 0.379 e. The fourth-order valence-electron chi connectivity index (χ4n) is 2.17. The van der Waals surface area contributed by atoms with E-state index < -0.39 is 34.8 Å². The van der Waals surface area contributed by atoms with E-state index in [2.05, 4.69) is 15.1 Å². The molecule has 1 N–H and O–H groups in total. The first-order valence-corrected chi connectivity index (χ1v) is 6.58. The van der Waals surface area contributed by atoms with E-state index in [1.165, 1.54) is 0 Å². The van der Waals surface area contributed by atoms with Gasteiger partial charge in [-0.05, 0) is 7.05 Å². The number of hydrogen-bond donors (Lipinski definition) is 1. The molecule has 0 aliphatic carbocycles. The van der Waals surface area contributed by atoms with Crippen molar-refractivity contribution < 1.29 is 22.0 Å². The van der Waals surface area contributed by atoms with Crippen LogP contribution in [-0.2, 0) is 0 Å². The summed E-state index contributed by atoms with van der Waals surface area (Å²) in [7, 11) is 1.99. The van der Waals surface area contributed by atoms with Gasteiger partial charge in [0.1, 0.15) is 5.69 Å². The third-order valence-electron chi connectivity index (χ3n) is 3.54. The number of hydrogen-bond acceptors (Lipinski definition) is 3. The standard InChI is InChI=1S/C13H16F5N3/c1-20-4-6-21(7-5-20)3-2-19-13-11(17)9(15)8(14)10(16)12(13)18/h19H,2-7H2,1H3. The molecule has 2 rings (SSSR count). The lowest BCUT2D eigenvalue weighted by atomic mass is 10.2. The summed E-state index contributed by atoms with van der Waals surface area (Å²) in [5.74, 6) is -9.67. The van der Waals surface area contributed by atoms with Gasteiger partial charge in [-0.15, -0.1) is 0 Å². The SMILES string of the molecule is CN1CCN(CCNc2c(F)c(F)c(F)c(F)c2F)CC1. The number of nitrogens with one attached hydrogen (secondary N) is 1. The summed E-state index contributed by atoms with van der Waals surface area (Å²) in [5.41, 5.74) is -0.972. The Bertz CT molecular complexity index is 486. The van der Waals surface area contributed by atoms with E-state index in [1.54, 1.807) is 0 Å². The lowest BCUT2D eigenvalue weighted by molar-refractivity contribution is 0.158. The smallest absolute Gasteiger partial charge is 0.200 e. The van der Waals surface area contributed by atoms with Crippen molar-refractivity contribution >= 4 is 5.69 Å². The van der Waals surface area contributed by atoms with E-state index in [0.717, 1.165) is 26.2 Å². The second-order valence-electron chi connectivity index (χ2n) is 5.02. The number of halogens is 5. The quantitative estimate of drug-likeness (QED) is 0.522. The molecular formula is C13H16F5N3.